The summed E-state index contributed by atoms with van der Waals surface area (Å²) in [5.74, 6) is -0.593. The molecule has 0 radical (unpaired) electrons. The molecule has 0 aliphatic carbocycles. The van der Waals surface area contributed by atoms with Crippen LogP contribution in [0.5, 0.6) is 0 Å². The number of nitrogens with zero attached hydrogens (tertiary/aromatic N) is 1. The Labute approximate surface area is 122 Å². The first-order valence-corrected chi connectivity index (χ1v) is 7.62. The van der Waals surface area contributed by atoms with Crippen molar-refractivity contribution in [3.05, 3.63) is 35.1 Å². The first-order valence-electron chi connectivity index (χ1n) is 6.70. The predicted molar refractivity (Wildman–Crippen MR) is 78.2 cm³/mol. The van der Waals surface area contributed by atoms with Crippen molar-refractivity contribution in [3.63, 3.8) is 0 Å². The SMILES string of the molecule is Cc1ccc(F)c(C(=O)N2CCCC2CC(C)Br)c1. The number of aryl methyl sites for hydroxylation is 1. The second-order valence-corrected chi connectivity index (χ2v) is 6.86. The molecule has 2 rings (SSSR count). The summed E-state index contributed by atoms with van der Waals surface area (Å²) in [7, 11) is 0. The predicted octanol–water partition coefficient (Wildman–Crippen LogP) is 3.91. The van der Waals surface area contributed by atoms with Crippen LogP contribution in [0.2, 0.25) is 0 Å². The number of likely N-dealkylation sites (tertiary alicyclic amines) is 1. The Morgan fingerprint density at radius 3 is 3.00 bits per heavy atom. The van der Waals surface area contributed by atoms with Gasteiger partial charge in [0.25, 0.3) is 5.91 Å². The zero-order valence-electron chi connectivity index (χ0n) is 11.3. The number of rotatable bonds is 3. The van der Waals surface area contributed by atoms with Crippen molar-refractivity contribution in [3.8, 4) is 0 Å². The molecule has 0 spiro atoms. The van der Waals surface area contributed by atoms with Crippen LogP contribution in [-0.2, 0) is 0 Å². The normalized spacial score (nSPS) is 20.6. The maximum atomic E-state index is 13.8. The van der Waals surface area contributed by atoms with Crippen LogP contribution >= 0.6 is 15.9 Å². The molecule has 1 fully saturated rings. The molecule has 4 heteroatoms. The molecule has 1 heterocycles. The largest absolute Gasteiger partial charge is 0.336 e. The molecule has 1 amide bonds. The minimum absolute atomic E-state index is 0.170. The molecule has 1 aliphatic heterocycles. The molecule has 1 aromatic carbocycles. The number of alkyl halides is 1. The van der Waals surface area contributed by atoms with Crippen molar-refractivity contribution in [2.75, 3.05) is 6.54 Å². The third-order valence-electron chi connectivity index (χ3n) is 3.59. The van der Waals surface area contributed by atoms with Gasteiger partial charge in [-0.25, -0.2) is 4.39 Å². The van der Waals surface area contributed by atoms with Crippen LogP contribution in [0.25, 0.3) is 0 Å². The fourth-order valence-electron chi connectivity index (χ4n) is 2.68. The monoisotopic (exact) mass is 327 g/mol. The van der Waals surface area contributed by atoms with E-state index >= 15 is 0 Å². The molecule has 0 bridgehead atoms. The van der Waals surface area contributed by atoms with Gasteiger partial charge in [-0.2, -0.15) is 0 Å². The van der Waals surface area contributed by atoms with Gasteiger partial charge in [-0.1, -0.05) is 34.5 Å². The molecular formula is C15H19BrFNO. The Bertz CT molecular complexity index is 475. The van der Waals surface area contributed by atoms with Crippen molar-refractivity contribution in [2.45, 2.75) is 44.0 Å². The zero-order valence-corrected chi connectivity index (χ0v) is 12.9. The van der Waals surface area contributed by atoms with Gasteiger partial charge in [-0.15, -0.1) is 0 Å². The van der Waals surface area contributed by atoms with E-state index in [9.17, 15) is 9.18 Å². The number of hydrogen-bond donors (Lipinski definition) is 0. The highest BCUT2D eigenvalue weighted by Crippen LogP contribution is 2.26. The zero-order chi connectivity index (χ0) is 14.0. The van der Waals surface area contributed by atoms with Gasteiger partial charge in [0, 0.05) is 17.4 Å². The quantitative estimate of drug-likeness (QED) is 0.771. The fraction of sp³-hybridized carbons (Fsp3) is 0.533. The molecule has 2 atom stereocenters. The third-order valence-corrected chi connectivity index (χ3v) is 3.96. The van der Waals surface area contributed by atoms with E-state index in [0.29, 0.717) is 4.83 Å². The second-order valence-electron chi connectivity index (χ2n) is 5.29. The van der Waals surface area contributed by atoms with E-state index in [0.717, 1.165) is 31.4 Å². The van der Waals surface area contributed by atoms with Crippen molar-refractivity contribution in [1.29, 1.82) is 0 Å². The summed E-state index contributed by atoms with van der Waals surface area (Å²) in [5, 5.41) is 0. The van der Waals surface area contributed by atoms with Gasteiger partial charge < -0.3 is 4.90 Å². The summed E-state index contributed by atoms with van der Waals surface area (Å²) < 4.78 is 13.8. The molecule has 2 unspecified atom stereocenters. The highest BCUT2D eigenvalue weighted by molar-refractivity contribution is 9.09. The summed E-state index contributed by atoms with van der Waals surface area (Å²) in [6.07, 6.45) is 2.93. The minimum atomic E-state index is -0.423. The van der Waals surface area contributed by atoms with Crippen LogP contribution in [0.3, 0.4) is 0 Å². The number of benzene rings is 1. The summed E-state index contributed by atoms with van der Waals surface area (Å²) in [6, 6.07) is 4.93. The van der Waals surface area contributed by atoms with Crippen molar-refractivity contribution < 1.29 is 9.18 Å². The maximum absolute atomic E-state index is 13.8. The van der Waals surface area contributed by atoms with Gasteiger partial charge in [0.2, 0.25) is 0 Å². The van der Waals surface area contributed by atoms with E-state index in [2.05, 4.69) is 22.9 Å². The van der Waals surface area contributed by atoms with E-state index in [-0.39, 0.29) is 17.5 Å². The molecule has 19 heavy (non-hydrogen) atoms. The lowest BCUT2D eigenvalue weighted by Crippen LogP contribution is -2.37. The molecule has 1 aromatic rings. The standard InChI is InChI=1S/C15H19BrFNO/c1-10-5-6-14(17)13(8-10)15(19)18-7-3-4-12(18)9-11(2)16/h5-6,8,11-12H,3-4,7,9H2,1-2H3. The number of carbonyl (C=O) groups is 1. The lowest BCUT2D eigenvalue weighted by molar-refractivity contribution is 0.0726. The van der Waals surface area contributed by atoms with Gasteiger partial charge in [0.15, 0.2) is 0 Å². The summed E-state index contributed by atoms with van der Waals surface area (Å²) in [5.41, 5.74) is 1.11. The Kier molecular flexibility index (Phi) is 4.61. The van der Waals surface area contributed by atoms with Gasteiger partial charge in [-0.05, 0) is 38.3 Å². The molecule has 0 aromatic heterocycles. The first-order chi connectivity index (χ1) is 8.99. The molecule has 1 aliphatic rings. The molecule has 2 nitrogen and oxygen atoms in total. The second kappa shape index (κ2) is 6.04. The highest BCUT2D eigenvalue weighted by Gasteiger charge is 2.31. The van der Waals surface area contributed by atoms with Crippen LogP contribution in [0.1, 0.15) is 42.1 Å². The third kappa shape index (κ3) is 3.35. The number of carbonyl (C=O) groups excluding carboxylic acids is 1. The van der Waals surface area contributed by atoms with Crippen LogP contribution < -0.4 is 0 Å². The number of amides is 1. The summed E-state index contributed by atoms with van der Waals surface area (Å²) in [4.78, 5) is 14.7. The van der Waals surface area contributed by atoms with Gasteiger partial charge in [0.05, 0.1) is 5.56 Å². The van der Waals surface area contributed by atoms with E-state index in [1.807, 2.05) is 11.8 Å². The van der Waals surface area contributed by atoms with Gasteiger partial charge in [-0.3, -0.25) is 4.79 Å². The molecule has 0 saturated carbocycles. The maximum Gasteiger partial charge on any atom is 0.257 e. The Hall–Kier alpha value is -0.900. The van der Waals surface area contributed by atoms with Crippen LogP contribution in [-0.4, -0.2) is 28.2 Å². The average Bonchev–Trinajstić information content (AvgIpc) is 2.78. The lowest BCUT2D eigenvalue weighted by atomic mass is 10.1. The fourth-order valence-corrected chi connectivity index (χ4v) is 3.11. The molecule has 1 saturated heterocycles. The van der Waals surface area contributed by atoms with E-state index < -0.39 is 5.82 Å². The Balaban J connectivity index is 2.20. The van der Waals surface area contributed by atoms with Crippen molar-refractivity contribution >= 4 is 21.8 Å². The Morgan fingerprint density at radius 2 is 2.32 bits per heavy atom. The van der Waals surface area contributed by atoms with Crippen molar-refractivity contribution in [2.24, 2.45) is 0 Å². The lowest BCUT2D eigenvalue weighted by Gasteiger charge is -2.26. The van der Waals surface area contributed by atoms with Gasteiger partial charge in [0.1, 0.15) is 5.82 Å². The smallest absolute Gasteiger partial charge is 0.257 e. The number of halogens is 2. The molecule has 0 N–H and O–H groups in total. The van der Waals surface area contributed by atoms with Gasteiger partial charge >= 0.3 is 0 Å². The summed E-state index contributed by atoms with van der Waals surface area (Å²) >= 11 is 3.53. The summed E-state index contributed by atoms with van der Waals surface area (Å²) in [6.45, 7) is 4.68. The number of hydrogen-bond acceptors (Lipinski definition) is 1. The topological polar surface area (TPSA) is 20.3 Å². The van der Waals surface area contributed by atoms with E-state index in [1.165, 1.54) is 6.07 Å². The van der Waals surface area contributed by atoms with Crippen LogP contribution in [0.4, 0.5) is 4.39 Å². The molecule has 104 valence electrons. The minimum Gasteiger partial charge on any atom is -0.336 e. The molecular weight excluding hydrogens is 309 g/mol. The van der Waals surface area contributed by atoms with E-state index in [1.54, 1.807) is 12.1 Å². The van der Waals surface area contributed by atoms with E-state index in [4.69, 9.17) is 0 Å². The first kappa shape index (κ1) is 14.5. The average molecular weight is 328 g/mol. The van der Waals surface area contributed by atoms with Crippen LogP contribution in [0, 0.1) is 12.7 Å². The highest BCUT2D eigenvalue weighted by atomic mass is 79.9. The van der Waals surface area contributed by atoms with Crippen molar-refractivity contribution in [1.82, 2.24) is 4.90 Å². The Morgan fingerprint density at radius 1 is 1.58 bits per heavy atom. The van der Waals surface area contributed by atoms with Crippen LogP contribution in [0.15, 0.2) is 18.2 Å².